The van der Waals surface area contributed by atoms with Crippen LogP contribution in [0.2, 0.25) is 0 Å². The number of hydrogen-bond acceptors (Lipinski definition) is 5. The van der Waals surface area contributed by atoms with Crippen LogP contribution in [0.25, 0.3) is 11.5 Å². The predicted octanol–water partition coefficient (Wildman–Crippen LogP) is 4.27. The molecule has 1 aromatic carbocycles. The Balaban J connectivity index is 1.58. The number of halogens is 4. The molecule has 1 atom stereocenters. The highest BCUT2D eigenvalue weighted by atomic mass is 19.4. The van der Waals surface area contributed by atoms with Gasteiger partial charge in [0.05, 0.1) is 12.1 Å². The van der Waals surface area contributed by atoms with Crippen LogP contribution in [-0.4, -0.2) is 32.1 Å². The number of carbonyl (C=O) groups is 1. The van der Waals surface area contributed by atoms with E-state index in [2.05, 4.69) is 20.4 Å². The maximum absolute atomic E-state index is 13.5. The normalized spacial score (nSPS) is 16.3. The summed E-state index contributed by atoms with van der Waals surface area (Å²) < 4.78 is 57.6. The summed E-state index contributed by atoms with van der Waals surface area (Å²) in [4.78, 5) is 22.5. The number of fused-ring (bicyclic) bond motifs is 1. The first-order chi connectivity index (χ1) is 14.2. The number of carbonyl (C=O) groups excluding carboxylic acids is 1. The molecule has 4 rings (SSSR count). The highest BCUT2D eigenvalue weighted by Crippen LogP contribution is 2.34. The summed E-state index contributed by atoms with van der Waals surface area (Å²) in [6.07, 6.45) is -1.41. The number of urea groups is 1. The summed E-state index contributed by atoms with van der Waals surface area (Å²) in [5, 5.41) is 6.41. The zero-order chi connectivity index (χ0) is 21.5. The number of hydrogen-bond donors (Lipinski definition) is 1. The fraction of sp³-hybridized carbons (Fsp3) is 0.263. The van der Waals surface area contributed by atoms with Crippen molar-refractivity contribution in [2.45, 2.75) is 32.1 Å². The van der Waals surface area contributed by atoms with Crippen LogP contribution < -0.4 is 5.32 Å². The van der Waals surface area contributed by atoms with Gasteiger partial charge in [-0.15, -0.1) is 0 Å². The zero-order valence-corrected chi connectivity index (χ0v) is 15.6. The molecule has 0 bridgehead atoms. The van der Waals surface area contributed by atoms with Crippen LogP contribution in [0.4, 0.5) is 28.0 Å². The van der Waals surface area contributed by atoms with Crippen molar-refractivity contribution >= 4 is 11.7 Å². The average Bonchev–Trinajstić information content (AvgIpc) is 3.11. The summed E-state index contributed by atoms with van der Waals surface area (Å²) in [6.45, 7) is 1.88. The second-order valence-electron chi connectivity index (χ2n) is 6.81. The van der Waals surface area contributed by atoms with E-state index in [4.69, 9.17) is 4.52 Å². The Hall–Kier alpha value is -3.50. The molecule has 1 unspecified atom stereocenters. The first-order valence-electron chi connectivity index (χ1n) is 8.93. The van der Waals surface area contributed by atoms with Gasteiger partial charge in [-0.3, -0.25) is 0 Å². The maximum atomic E-state index is 13.5. The zero-order valence-electron chi connectivity index (χ0n) is 15.6. The Morgan fingerprint density at radius 3 is 2.70 bits per heavy atom. The van der Waals surface area contributed by atoms with Crippen molar-refractivity contribution in [2.24, 2.45) is 0 Å². The number of nitrogens with zero attached hydrogens (tertiary/aromatic N) is 4. The Morgan fingerprint density at radius 1 is 1.27 bits per heavy atom. The first kappa shape index (κ1) is 19.8. The van der Waals surface area contributed by atoms with Gasteiger partial charge >= 0.3 is 12.2 Å². The third-order valence-electron chi connectivity index (χ3n) is 4.77. The molecule has 2 amide bonds. The van der Waals surface area contributed by atoms with Crippen LogP contribution in [0.15, 0.2) is 41.2 Å². The lowest BCUT2D eigenvalue weighted by Gasteiger charge is -2.32. The quantitative estimate of drug-likeness (QED) is 0.625. The molecule has 2 aromatic heterocycles. The lowest BCUT2D eigenvalue weighted by molar-refractivity contribution is -0.139. The molecule has 11 heteroatoms. The van der Waals surface area contributed by atoms with E-state index in [-0.39, 0.29) is 18.3 Å². The summed E-state index contributed by atoms with van der Waals surface area (Å²) in [5.41, 5.74) is -0.582. The van der Waals surface area contributed by atoms with E-state index in [0.717, 1.165) is 6.07 Å². The molecule has 0 saturated carbocycles. The van der Waals surface area contributed by atoms with Crippen LogP contribution in [0.5, 0.6) is 0 Å². The molecule has 30 heavy (non-hydrogen) atoms. The van der Waals surface area contributed by atoms with E-state index in [1.165, 1.54) is 4.90 Å². The molecule has 1 aliphatic rings. The van der Waals surface area contributed by atoms with Crippen LogP contribution in [-0.2, 0) is 19.1 Å². The van der Waals surface area contributed by atoms with Gasteiger partial charge in [0.2, 0.25) is 0 Å². The minimum Gasteiger partial charge on any atom is -0.360 e. The molecule has 0 radical (unpaired) electrons. The van der Waals surface area contributed by atoms with Crippen LogP contribution in [0.3, 0.4) is 0 Å². The Morgan fingerprint density at radius 2 is 2.00 bits per heavy atom. The van der Waals surface area contributed by atoms with Crippen molar-refractivity contribution in [3.05, 3.63) is 59.4 Å². The predicted molar refractivity (Wildman–Crippen MR) is 96.7 cm³/mol. The number of anilines is 1. The largest absolute Gasteiger partial charge is 0.419 e. The van der Waals surface area contributed by atoms with E-state index in [0.29, 0.717) is 41.4 Å². The molecule has 0 spiro atoms. The average molecular weight is 421 g/mol. The molecular weight excluding hydrogens is 406 g/mol. The number of nitrogens with one attached hydrogen (secondary N) is 1. The van der Waals surface area contributed by atoms with Gasteiger partial charge in [-0.2, -0.15) is 13.2 Å². The topological polar surface area (TPSA) is 84.2 Å². The van der Waals surface area contributed by atoms with Crippen molar-refractivity contribution in [3.63, 3.8) is 0 Å². The number of alkyl halides is 3. The molecule has 3 heterocycles. The highest BCUT2D eigenvalue weighted by Gasteiger charge is 2.35. The molecular formula is C19H15F4N5O2. The SMILES string of the molecule is CC1Cc2onc(-c3ncccn3)c2CN1C(=O)Nc1ccc(F)c(C(F)(F)F)c1. The number of rotatable bonds is 2. The molecule has 7 nitrogen and oxygen atoms in total. The second kappa shape index (κ2) is 7.39. The van der Waals surface area contributed by atoms with Gasteiger partial charge < -0.3 is 14.7 Å². The van der Waals surface area contributed by atoms with Gasteiger partial charge in [-0.05, 0) is 31.2 Å². The second-order valence-corrected chi connectivity index (χ2v) is 6.81. The van der Waals surface area contributed by atoms with E-state index < -0.39 is 23.6 Å². The van der Waals surface area contributed by atoms with E-state index >= 15 is 0 Å². The fourth-order valence-electron chi connectivity index (χ4n) is 3.26. The highest BCUT2D eigenvalue weighted by molar-refractivity contribution is 5.90. The lowest BCUT2D eigenvalue weighted by atomic mass is 10.0. The summed E-state index contributed by atoms with van der Waals surface area (Å²) in [6, 6.07) is 3.02. The van der Waals surface area contributed by atoms with Gasteiger partial charge in [0.25, 0.3) is 0 Å². The Labute approximate surface area is 167 Å². The van der Waals surface area contributed by atoms with Crippen LogP contribution in [0, 0.1) is 5.82 Å². The molecule has 0 aliphatic carbocycles. The summed E-state index contributed by atoms with van der Waals surface area (Å²) in [7, 11) is 0. The fourth-order valence-corrected chi connectivity index (χ4v) is 3.26. The van der Waals surface area contributed by atoms with E-state index in [9.17, 15) is 22.4 Å². The third-order valence-corrected chi connectivity index (χ3v) is 4.77. The van der Waals surface area contributed by atoms with Crippen molar-refractivity contribution in [3.8, 4) is 11.5 Å². The summed E-state index contributed by atoms with van der Waals surface area (Å²) >= 11 is 0. The first-order valence-corrected chi connectivity index (χ1v) is 8.93. The molecule has 156 valence electrons. The van der Waals surface area contributed by atoms with E-state index in [1.807, 2.05) is 0 Å². The Kier molecular flexibility index (Phi) is 4.88. The van der Waals surface area contributed by atoms with Crippen molar-refractivity contribution in [1.29, 1.82) is 0 Å². The van der Waals surface area contributed by atoms with Gasteiger partial charge in [-0.25, -0.2) is 19.2 Å². The lowest BCUT2D eigenvalue weighted by Crippen LogP contribution is -2.44. The molecule has 0 saturated heterocycles. The van der Waals surface area contributed by atoms with Gasteiger partial charge in [0, 0.05) is 36.1 Å². The van der Waals surface area contributed by atoms with E-state index in [1.54, 1.807) is 25.4 Å². The molecule has 1 aliphatic heterocycles. The minimum absolute atomic E-state index is 0.104. The van der Waals surface area contributed by atoms with Gasteiger partial charge in [0.15, 0.2) is 11.5 Å². The van der Waals surface area contributed by atoms with Crippen molar-refractivity contribution in [1.82, 2.24) is 20.0 Å². The number of aromatic nitrogens is 3. The van der Waals surface area contributed by atoms with Crippen LogP contribution in [0.1, 0.15) is 23.8 Å². The number of benzene rings is 1. The smallest absolute Gasteiger partial charge is 0.360 e. The van der Waals surface area contributed by atoms with Crippen LogP contribution >= 0.6 is 0 Å². The van der Waals surface area contributed by atoms with Crippen molar-refractivity contribution in [2.75, 3.05) is 5.32 Å². The summed E-state index contributed by atoms with van der Waals surface area (Å²) in [5.74, 6) is -0.477. The molecule has 0 fully saturated rings. The minimum atomic E-state index is -4.87. The monoisotopic (exact) mass is 421 g/mol. The third kappa shape index (κ3) is 3.70. The standard InChI is InChI=1S/C19H15F4N5O2/c1-10-7-15-12(16(27-30-15)17-24-5-2-6-25-17)9-28(10)18(29)26-11-3-4-14(20)13(8-11)19(21,22)23/h2-6,8,10H,7,9H2,1H3,(H,26,29). The molecule has 3 aromatic rings. The van der Waals surface area contributed by atoms with Crippen molar-refractivity contribution < 1.29 is 26.9 Å². The number of amides is 2. The molecule has 1 N–H and O–H groups in total. The maximum Gasteiger partial charge on any atom is 0.419 e. The van der Waals surface area contributed by atoms with Gasteiger partial charge in [-0.1, -0.05) is 5.16 Å². The Bertz CT molecular complexity index is 1080. The van der Waals surface area contributed by atoms with Gasteiger partial charge in [0.1, 0.15) is 11.6 Å².